The first kappa shape index (κ1) is 41.3. The maximum absolute atomic E-state index is 12.6. The molecule has 0 bridgehead atoms. The zero-order valence-electron chi connectivity index (χ0n) is 31.3. The number of benzene rings is 1. The predicted octanol–water partition coefficient (Wildman–Crippen LogP) is 3.70. The van der Waals surface area contributed by atoms with E-state index in [2.05, 4.69) is 43.4 Å². The second-order valence-electron chi connectivity index (χ2n) is 13.6. The van der Waals surface area contributed by atoms with Crippen LogP contribution in [-0.2, 0) is 30.5 Å². The number of carbonyl (C=O) groups excluding carboxylic acids is 4. The van der Waals surface area contributed by atoms with E-state index in [1.54, 1.807) is 36.7 Å². The minimum atomic E-state index is -0.784. The third-order valence-corrected chi connectivity index (χ3v) is 10.2. The molecule has 2 aliphatic rings. The highest BCUT2D eigenvalue weighted by molar-refractivity contribution is 14.1. The molecule has 2 N–H and O–H groups in total. The molecular formula is C39H45IN8O9. The number of aromatic nitrogens is 6. The first-order valence-electron chi connectivity index (χ1n) is 19.0. The molecule has 2 unspecified atom stereocenters. The Kier molecular flexibility index (Phi) is 14.6. The fourth-order valence-corrected chi connectivity index (χ4v) is 6.90. The van der Waals surface area contributed by atoms with Gasteiger partial charge >= 0.3 is 11.4 Å². The van der Waals surface area contributed by atoms with Gasteiger partial charge in [-0.1, -0.05) is 52.9 Å². The number of hydrogen-bond donors (Lipinski definition) is 2. The number of alkyl halides is 1. The van der Waals surface area contributed by atoms with Crippen molar-refractivity contribution in [3.63, 3.8) is 0 Å². The number of halogens is 1. The number of unbranched alkanes of at least 4 members (excludes halogenated alkanes) is 4. The van der Waals surface area contributed by atoms with Gasteiger partial charge in [0, 0.05) is 44.0 Å². The topological polar surface area (TPSA) is 199 Å². The van der Waals surface area contributed by atoms with Crippen LogP contribution in [0, 0.1) is 0 Å². The molecule has 1 aromatic carbocycles. The average Bonchev–Trinajstić information content (AvgIpc) is 3.71. The van der Waals surface area contributed by atoms with Crippen LogP contribution >= 0.6 is 22.6 Å². The average molecular weight is 897 g/mol. The Labute approximate surface area is 340 Å². The molecule has 17 nitrogen and oxygen atoms in total. The highest BCUT2D eigenvalue weighted by Crippen LogP contribution is 2.20. The Morgan fingerprint density at radius 1 is 0.632 bits per heavy atom. The van der Waals surface area contributed by atoms with Crippen molar-refractivity contribution in [1.82, 2.24) is 39.0 Å². The lowest BCUT2D eigenvalue weighted by molar-refractivity contribution is -0.137. The molecule has 302 valence electrons. The van der Waals surface area contributed by atoms with E-state index in [-0.39, 0.29) is 37.5 Å². The lowest BCUT2D eigenvalue weighted by Crippen LogP contribution is -2.44. The van der Waals surface area contributed by atoms with Gasteiger partial charge in [-0.25, -0.2) is 9.59 Å². The first-order chi connectivity index (χ1) is 27.7. The fourth-order valence-electron chi connectivity index (χ4n) is 6.36. The number of hydrogen-bond acceptors (Lipinski definition) is 11. The smallest absolute Gasteiger partial charge is 0.351 e. The van der Waals surface area contributed by atoms with Crippen molar-refractivity contribution in [2.75, 3.05) is 24.2 Å². The van der Waals surface area contributed by atoms with Gasteiger partial charge < -0.3 is 14.2 Å². The zero-order valence-corrected chi connectivity index (χ0v) is 33.5. The molecular weight excluding hydrogens is 851 g/mol. The molecule has 7 rings (SSSR count). The number of rotatable bonds is 17. The maximum Gasteiger partial charge on any atom is 0.351 e. The summed E-state index contributed by atoms with van der Waals surface area (Å²) in [7, 11) is 0. The molecule has 5 aromatic rings. The number of amides is 4. The number of piperidine rings is 2. The van der Waals surface area contributed by atoms with Crippen LogP contribution in [0.4, 0.5) is 0 Å². The van der Waals surface area contributed by atoms with Gasteiger partial charge in [0.15, 0.2) is 11.3 Å². The first-order valence-corrected chi connectivity index (χ1v) is 20.6. The van der Waals surface area contributed by atoms with Gasteiger partial charge in [0.25, 0.3) is 11.8 Å². The molecule has 4 amide bonds. The zero-order chi connectivity index (χ0) is 40.1. The Morgan fingerprint density at radius 3 is 1.61 bits per heavy atom. The largest absolute Gasteiger partial charge is 0.493 e. The maximum atomic E-state index is 12.6. The summed E-state index contributed by atoms with van der Waals surface area (Å²) in [6.45, 7) is 2.50. The third kappa shape index (κ3) is 10.9. The number of ether oxygens (including phenoxy) is 3. The number of nitrogens with zero attached hydrogens (tertiary/aromatic N) is 6. The number of imide groups is 2. The summed E-state index contributed by atoms with van der Waals surface area (Å²) in [5, 5.41) is 13.0. The SMILES string of the molecule is O=C1CCC(n2nc3cc(OCCCCCI)ccn3c2=O)C(=O)N1.O=C1CCC(n2nc3cc(OCCCCCOCc4ccccc4)ccn3c2=O)C(=O)N1. The number of nitrogens with one attached hydrogen (secondary N) is 2. The number of carbonyl (C=O) groups is 4. The molecule has 0 saturated carbocycles. The molecule has 2 atom stereocenters. The second kappa shape index (κ2) is 20.2. The highest BCUT2D eigenvalue weighted by Gasteiger charge is 2.32. The normalized spacial score (nSPS) is 16.9. The molecule has 2 saturated heterocycles. The molecule has 6 heterocycles. The summed E-state index contributed by atoms with van der Waals surface area (Å²) in [6, 6.07) is 15.3. The summed E-state index contributed by atoms with van der Waals surface area (Å²) in [6.07, 6.45) is 10.2. The molecule has 0 aliphatic carbocycles. The lowest BCUT2D eigenvalue weighted by Gasteiger charge is -2.19. The minimum Gasteiger partial charge on any atom is -0.493 e. The summed E-state index contributed by atoms with van der Waals surface area (Å²) in [4.78, 5) is 71.7. The predicted molar refractivity (Wildman–Crippen MR) is 215 cm³/mol. The van der Waals surface area contributed by atoms with Crippen LogP contribution in [0.15, 0.2) is 76.6 Å². The molecule has 0 radical (unpaired) electrons. The highest BCUT2D eigenvalue weighted by atomic mass is 127. The van der Waals surface area contributed by atoms with Crippen molar-refractivity contribution in [1.29, 1.82) is 0 Å². The van der Waals surface area contributed by atoms with E-state index >= 15 is 0 Å². The van der Waals surface area contributed by atoms with E-state index in [0.717, 1.165) is 45.9 Å². The number of pyridine rings is 2. The molecule has 2 aliphatic heterocycles. The van der Waals surface area contributed by atoms with E-state index in [1.165, 1.54) is 20.8 Å². The van der Waals surface area contributed by atoms with Crippen molar-refractivity contribution in [2.45, 2.75) is 82.9 Å². The Bertz CT molecular complexity index is 2300. The Hall–Kier alpha value is -5.37. The monoisotopic (exact) mass is 896 g/mol. The van der Waals surface area contributed by atoms with Crippen LogP contribution in [0.3, 0.4) is 0 Å². The summed E-state index contributed by atoms with van der Waals surface area (Å²) < 4.78 is 23.3. The van der Waals surface area contributed by atoms with Crippen LogP contribution < -0.4 is 31.5 Å². The fraction of sp³-hybridized carbons (Fsp3) is 0.436. The Morgan fingerprint density at radius 2 is 1.12 bits per heavy atom. The Balaban J connectivity index is 0.000000199. The van der Waals surface area contributed by atoms with Crippen LogP contribution in [-0.4, -0.2) is 76.2 Å². The standard InChI is InChI=1S/C23H26N4O5.C16H19IN4O4/c28-21-10-9-19(22(29)24-21)27-23(30)26-12-11-18(15-20(26)25-27)32-14-6-2-5-13-31-16-17-7-3-1-4-8-17;17-7-2-1-3-9-25-11-6-8-20-13(10-11)19-21(16(20)24)12-4-5-14(22)18-15(12)23/h1,3-4,7-8,11-12,15,19H,2,5-6,9-10,13-14,16H2,(H,24,28,29);6,8,10,12H,1-5,7,9H2,(H,18,22,23). The molecule has 0 spiro atoms. The van der Waals surface area contributed by atoms with Crippen molar-refractivity contribution in [3.8, 4) is 11.5 Å². The van der Waals surface area contributed by atoms with Gasteiger partial charge in [-0.05, 0) is 73.5 Å². The molecule has 18 heteroatoms. The quantitative estimate of drug-likeness (QED) is 0.0598. The van der Waals surface area contributed by atoms with Gasteiger partial charge in [0.2, 0.25) is 11.8 Å². The molecule has 57 heavy (non-hydrogen) atoms. The van der Waals surface area contributed by atoms with Crippen LogP contribution in [0.2, 0.25) is 0 Å². The number of fused-ring (bicyclic) bond motifs is 2. The molecule has 4 aromatic heterocycles. The summed E-state index contributed by atoms with van der Waals surface area (Å²) in [5.41, 5.74) is 1.16. The molecule has 2 fully saturated rings. The van der Waals surface area contributed by atoms with E-state index in [0.29, 0.717) is 49.2 Å². The van der Waals surface area contributed by atoms with Gasteiger partial charge in [-0.15, -0.1) is 10.2 Å². The van der Waals surface area contributed by atoms with Crippen molar-refractivity contribution in [3.05, 3.63) is 93.5 Å². The van der Waals surface area contributed by atoms with Crippen LogP contribution in [0.5, 0.6) is 11.5 Å². The van der Waals surface area contributed by atoms with E-state index < -0.39 is 35.3 Å². The van der Waals surface area contributed by atoms with Gasteiger partial charge in [0.1, 0.15) is 23.6 Å². The van der Waals surface area contributed by atoms with Crippen molar-refractivity contribution >= 4 is 57.5 Å². The van der Waals surface area contributed by atoms with Gasteiger partial charge in [0.05, 0.1) is 19.8 Å². The lowest BCUT2D eigenvalue weighted by atomic mass is 10.1. The van der Waals surface area contributed by atoms with E-state index in [1.807, 2.05) is 30.3 Å². The summed E-state index contributed by atoms with van der Waals surface area (Å²) in [5.74, 6) is -0.400. The summed E-state index contributed by atoms with van der Waals surface area (Å²) >= 11 is 2.36. The second-order valence-corrected chi connectivity index (χ2v) is 14.7. The van der Waals surface area contributed by atoms with Crippen molar-refractivity contribution in [2.24, 2.45) is 0 Å². The third-order valence-electron chi connectivity index (χ3n) is 9.41. The van der Waals surface area contributed by atoms with Crippen LogP contribution in [0.25, 0.3) is 11.3 Å². The minimum absolute atomic E-state index is 0.183. The van der Waals surface area contributed by atoms with Gasteiger partial charge in [-0.3, -0.25) is 38.6 Å². The van der Waals surface area contributed by atoms with E-state index in [9.17, 15) is 28.8 Å². The van der Waals surface area contributed by atoms with E-state index in [4.69, 9.17) is 14.2 Å². The van der Waals surface area contributed by atoms with Gasteiger partial charge in [-0.2, -0.15) is 9.36 Å². The van der Waals surface area contributed by atoms with Crippen LogP contribution in [0.1, 0.15) is 81.9 Å². The van der Waals surface area contributed by atoms with Crippen molar-refractivity contribution < 1.29 is 33.4 Å².